The molecular formula is C18H25N3O. The highest BCUT2D eigenvalue weighted by Crippen LogP contribution is 2.37. The minimum atomic E-state index is 0.00659. The van der Waals surface area contributed by atoms with Gasteiger partial charge in [-0.2, -0.15) is 0 Å². The SMILES string of the molecule is Cc1ncc(CN[C@@H]2CCC[C@@]2(C)CO)n1-c1ccccc1. The molecule has 0 spiro atoms. The first-order valence-corrected chi connectivity index (χ1v) is 8.07. The summed E-state index contributed by atoms with van der Waals surface area (Å²) in [6.45, 7) is 5.24. The topological polar surface area (TPSA) is 50.1 Å². The van der Waals surface area contributed by atoms with Crippen LogP contribution in [-0.2, 0) is 6.54 Å². The smallest absolute Gasteiger partial charge is 0.110 e. The van der Waals surface area contributed by atoms with Crippen LogP contribution < -0.4 is 5.32 Å². The highest BCUT2D eigenvalue weighted by atomic mass is 16.3. The van der Waals surface area contributed by atoms with Crippen LogP contribution in [0.25, 0.3) is 5.69 Å². The molecule has 1 fully saturated rings. The lowest BCUT2D eigenvalue weighted by atomic mass is 9.86. The fraction of sp³-hybridized carbons (Fsp3) is 0.500. The molecule has 1 aromatic carbocycles. The van der Waals surface area contributed by atoms with E-state index in [1.54, 1.807) is 0 Å². The van der Waals surface area contributed by atoms with Gasteiger partial charge < -0.3 is 10.4 Å². The molecule has 1 saturated carbocycles. The van der Waals surface area contributed by atoms with E-state index in [0.717, 1.165) is 36.6 Å². The Balaban J connectivity index is 1.77. The number of hydrogen-bond acceptors (Lipinski definition) is 3. The van der Waals surface area contributed by atoms with Gasteiger partial charge in [-0.15, -0.1) is 0 Å². The van der Waals surface area contributed by atoms with Crippen molar-refractivity contribution in [1.82, 2.24) is 14.9 Å². The van der Waals surface area contributed by atoms with Crippen molar-refractivity contribution in [2.45, 2.75) is 45.7 Å². The van der Waals surface area contributed by atoms with Crippen LogP contribution in [0.4, 0.5) is 0 Å². The quantitative estimate of drug-likeness (QED) is 0.892. The summed E-state index contributed by atoms with van der Waals surface area (Å²) >= 11 is 0. The number of aliphatic hydroxyl groups is 1. The third-order valence-electron chi connectivity index (χ3n) is 5.00. The Hall–Kier alpha value is -1.65. The summed E-state index contributed by atoms with van der Waals surface area (Å²) in [6.07, 6.45) is 5.36. The fourth-order valence-electron chi connectivity index (χ4n) is 3.54. The molecule has 22 heavy (non-hydrogen) atoms. The van der Waals surface area contributed by atoms with E-state index in [9.17, 15) is 5.11 Å². The fourth-order valence-corrected chi connectivity index (χ4v) is 3.54. The number of aromatic nitrogens is 2. The van der Waals surface area contributed by atoms with Crippen molar-refractivity contribution in [3.8, 4) is 5.69 Å². The number of nitrogens with zero attached hydrogens (tertiary/aromatic N) is 2. The van der Waals surface area contributed by atoms with Crippen LogP contribution in [-0.4, -0.2) is 27.3 Å². The molecule has 4 nitrogen and oxygen atoms in total. The molecule has 2 N–H and O–H groups in total. The van der Waals surface area contributed by atoms with Gasteiger partial charge in [-0.3, -0.25) is 4.57 Å². The van der Waals surface area contributed by atoms with E-state index in [-0.39, 0.29) is 12.0 Å². The second kappa shape index (κ2) is 6.23. The lowest BCUT2D eigenvalue weighted by molar-refractivity contribution is 0.118. The molecule has 1 aliphatic rings. The molecule has 0 aliphatic heterocycles. The standard InChI is InChI=1S/C18H25N3O/c1-14-19-11-16(21(14)15-7-4-3-5-8-15)12-20-17-9-6-10-18(17,2)13-22/h3-5,7-8,11,17,20,22H,6,9-10,12-13H2,1-2H3/t17-,18+/m1/s1. The van der Waals surface area contributed by atoms with Gasteiger partial charge in [0.1, 0.15) is 5.82 Å². The third-order valence-corrected chi connectivity index (χ3v) is 5.00. The second-order valence-electron chi connectivity index (χ2n) is 6.61. The summed E-state index contributed by atoms with van der Waals surface area (Å²) in [7, 11) is 0. The number of rotatable bonds is 5. The molecule has 0 bridgehead atoms. The molecule has 1 aliphatic carbocycles. The van der Waals surface area contributed by atoms with Crippen LogP contribution in [0.5, 0.6) is 0 Å². The Bertz CT molecular complexity index is 623. The van der Waals surface area contributed by atoms with Crippen LogP contribution in [0.1, 0.15) is 37.7 Å². The van der Waals surface area contributed by atoms with Gasteiger partial charge in [0.05, 0.1) is 11.9 Å². The maximum Gasteiger partial charge on any atom is 0.110 e. The van der Waals surface area contributed by atoms with Crippen molar-refractivity contribution in [2.75, 3.05) is 6.61 Å². The first kappa shape index (κ1) is 15.3. The number of benzene rings is 1. The van der Waals surface area contributed by atoms with Gasteiger partial charge in [-0.25, -0.2) is 4.98 Å². The van der Waals surface area contributed by atoms with Crippen molar-refractivity contribution in [1.29, 1.82) is 0 Å². The molecular weight excluding hydrogens is 274 g/mol. The molecule has 0 saturated heterocycles. The highest BCUT2D eigenvalue weighted by Gasteiger charge is 2.37. The summed E-state index contributed by atoms with van der Waals surface area (Å²) in [5, 5.41) is 13.3. The van der Waals surface area contributed by atoms with Crippen LogP contribution in [0.3, 0.4) is 0 Å². The lowest BCUT2D eigenvalue weighted by Crippen LogP contribution is -2.41. The summed E-state index contributed by atoms with van der Waals surface area (Å²) in [6, 6.07) is 10.7. The Labute approximate surface area is 132 Å². The van der Waals surface area contributed by atoms with E-state index in [1.165, 1.54) is 6.42 Å². The minimum Gasteiger partial charge on any atom is -0.396 e. The average Bonchev–Trinajstić information content (AvgIpc) is 3.09. The van der Waals surface area contributed by atoms with Crippen LogP contribution in [0.2, 0.25) is 0 Å². The summed E-state index contributed by atoms with van der Waals surface area (Å²) in [5.74, 6) is 0.999. The van der Waals surface area contributed by atoms with E-state index >= 15 is 0 Å². The maximum absolute atomic E-state index is 9.67. The van der Waals surface area contributed by atoms with Crippen molar-refractivity contribution in [3.05, 3.63) is 48.0 Å². The number of para-hydroxylation sites is 1. The van der Waals surface area contributed by atoms with Gasteiger partial charge in [-0.05, 0) is 31.9 Å². The molecule has 0 radical (unpaired) electrons. The average molecular weight is 299 g/mol. The number of hydrogen-bond donors (Lipinski definition) is 2. The molecule has 1 heterocycles. The maximum atomic E-state index is 9.67. The zero-order valence-corrected chi connectivity index (χ0v) is 13.4. The van der Waals surface area contributed by atoms with Crippen LogP contribution in [0.15, 0.2) is 36.5 Å². The predicted molar refractivity (Wildman–Crippen MR) is 88.0 cm³/mol. The number of nitrogens with one attached hydrogen (secondary N) is 1. The van der Waals surface area contributed by atoms with Crippen molar-refractivity contribution in [3.63, 3.8) is 0 Å². The van der Waals surface area contributed by atoms with E-state index in [2.05, 4.69) is 33.9 Å². The van der Waals surface area contributed by atoms with Crippen LogP contribution >= 0.6 is 0 Å². The second-order valence-corrected chi connectivity index (χ2v) is 6.61. The molecule has 0 amide bonds. The highest BCUT2D eigenvalue weighted by molar-refractivity contribution is 5.35. The molecule has 2 atom stereocenters. The first-order valence-electron chi connectivity index (χ1n) is 8.07. The van der Waals surface area contributed by atoms with E-state index in [4.69, 9.17) is 0 Å². The van der Waals surface area contributed by atoms with Crippen molar-refractivity contribution >= 4 is 0 Å². The molecule has 1 aromatic heterocycles. The third kappa shape index (κ3) is 2.81. The predicted octanol–water partition coefficient (Wildman–Crippen LogP) is 2.82. The molecule has 3 rings (SSSR count). The number of aliphatic hydroxyl groups excluding tert-OH is 1. The number of aryl methyl sites for hydroxylation is 1. The Morgan fingerprint density at radius 2 is 2.14 bits per heavy atom. The molecule has 0 unspecified atom stereocenters. The van der Waals surface area contributed by atoms with Crippen molar-refractivity contribution in [2.24, 2.45) is 5.41 Å². The van der Waals surface area contributed by atoms with Gasteiger partial charge in [-0.1, -0.05) is 31.5 Å². The van der Waals surface area contributed by atoms with Crippen molar-refractivity contribution < 1.29 is 5.11 Å². The van der Waals surface area contributed by atoms with E-state index in [1.807, 2.05) is 31.3 Å². The van der Waals surface area contributed by atoms with Gasteiger partial charge in [0.25, 0.3) is 0 Å². The Morgan fingerprint density at radius 3 is 2.86 bits per heavy atom. The largest absolute Gasteiger partial charge is 0.396 e. The molecule has 4 heteroatoms. The Kier molecular flexibility index (Phi) is 4.32. The van der Waals surface area contributed by atoms with Gasteiger partial charge >= 0.3 is 0 Å². The minimum absolute atomic E-state index is 0.00659. The molecule has 2 aromatic rings. The molecule has 118 valence electrons. The van der Waals surface area contributed by atoms with E-state index in [0.29, 0.717) is 6.04 Å². The first-order chi connectivity index (χ1) is 10.6. The van der Waals surface area contributed by atoms with Gasteiger partial charge in [0.2, 0.25) is 0 Å². The Morgan fingerprint density at radius 1 is 1.36 bits per heavy atom. The lowest BCUT2D eigenvalue weighted by Gasteiger charge is -2.30. The summed E-state index contributed by atoms with van der Waals surface area (Å²) in [5.41, 5.74) is 2.31. The summed E-state index contributed by atoms with van der Waals surface area (Å²) in [4.78, 5) is 4.47. The zero-order chi connectivity index (χ0) is 15.6. The van der Waals surface area contributed by atoms with E-state index < -0.39 is 0 Å². The number of imidazole rings is 1. The monoisotopic (exact) mass is 299 g/mol. The van der Waals surface area contributed by atoms with Gasteiger partial charge in [0.15, 0.2) is 0 Å². The zero-order valence-electron chi connectivity index (χ0n) is 13.4. The van der Waals surface area contributed by atoms with Crippen LogP contribution in [0, 0.1) is 12.3 Å². The van der Waals surface area contributed by atoms with Gasteiger partial charge in [0, 0.05) is 30.3 Å². The normalized spacial score (nSPS) is 24.8. The summed E-state index contributed by atoms with van der Waals surface area (Å²) < 4.78 is 2.19.